The van der Waals surface area contributed by atoms with Gasteiger partial charge in [-0.05, 0) is 58.3 Å². The maximum atomic E-state index is 11.9. The molecular weight excluding hydrogens is 264 g/mol. The van der Waals surface area contributed by atoms with Crippen LogP contribution in [0.15, 0.2) is 18.2 Å². The quantitative estimate of drug-likeness (QED) is 0.866. The van der Waals surface area contributed by atoms with Crippen LogP contribution in [0.25, 0.3) is 0 Å². The number of ether oxygens (including phenoxy) is 1. The van der Waals surface area contributed by atoms with Crippen molar-refractivity contribution in [1.82, 2.24) is 4.90 Å². The van der Waals surface area contributed by atoms with Gasteiger partial charge in [0.25, 0.3) is 0 Å². The van der Waals surface area contributed by atoms with E-state index in [1.54, 1.807) is 0 Å². The van der Waals surface area contributed by atoms with Gasteiger partial charge < -0.3 is 15.0 Å². The van der Waals surface area contributed by atoms with Gasteiger partial charge in [0.1, 0.15) is 0 Å². The van der Waals surface area contributed by atoms with Gasteiger partial charge in [0.05, 0.1) is 12.7 Å². The number of methoxy groups -OCH3 is 1. The number of carbonyl (C=O) groups excluding carboxylic acids is 1. The first-order valence-corrected chi connectivity index (χ1v) is 7.65. The molecule has 1 aliphatic heterocycles. The Morgan fingerprint density at radius 3 is 2.90 bits per heavy atom. The first kappa shape index (κ1) is 15.8. The fourth-order valence-corrected chi connectivity index (χ4v) is 3.04. The lowest BCUT2D eigenvalue weighted by atomic mass is 9.91. The lowest BCUT2D eigenvalue weighted by Gasteiger charge is -2.34. The van der Waals surface area contributed by atoms with Crippen LogP contribution in [0.5, 0.6) is 0 Å². The van der Waals surface area contributed by atoms with E-state index in [0.29, 0.717) is 17.5 Å². The average Bonchev–Trinajstić information content (AvgIpc) is 2.48. The molecule has 2 unspecified atom stereocenters. The number of hydrogen-bond donors (Lipinski definition) is 1. The normalized spacial score (nSPS) is 20.9. The molecule has 4 heteroatoms. The number of benzene rings is 1. The molecule has 1 saturated heterocycles. The average molecular weight is 290 g/mol. The molecule has 0 radical (unpaired) electrons. The zero-order chi connectivity index (χ0) is 15.4. The zero-order valence-corrected chi connectivity index (χ0v) is 13.5. The third-order valence-corrected chi connectivity index (χ3v) is 4.33. The summed E-state index contributed by atoms with van der Waals surface area (Å²) in [5.41, 5.74) is 2.55. The molecule has 1 aliphatic rings. The van der Waals surface area contributed by atoms with Gasteiger partial charge >= 0.3 is 5.97 Å². The van der Waals surface area contributed by atoms with Gasteiger partial charge in [-0.3, -0.25) is 0 Å². The molecule has 2 atom stereocenters. The predicted molar refractivity (Wildman–Crippen MR) is 85.8 cm³/mol. The largest absolute Gasteiger partial charge is 0.465 e. The first-order chi connectivity index (χ1) is 10.0. The van der Waals surface area contributed by atoms with E-state index in [-0.39, 0.29) is 5.97 Å². The number of likely N-dealkylation sites (tertiary alicyclic amines) is 1. The van der Waals surface area contributed by atoms with Crippen molar-refractivity contribution in [1.29, 1.82) is 0 Å². The molecule has 116 valence electrons. The lowest BCUT2D eigenvalue weighted by molar-refractivity contribution is 0.0601. The lowest BCUT2D eigenvalue weighted by Crippen LogP contribution is -2.40. The van der Waals surface area contributed by atoms with Gasteiger partial charge in [0.15, 0.2) is 0 Å². The Kier molecular flexibility index (Phi) is 5.23. The van der Waals surface area contributed by atoms with Gasteiger partial charge in [0.2, 0.25) is 0 Å². The second-order valence-electron chi connectivity index (χ2n) is 6.14. The van der Waals surface area contributed by atoms with Gasteiger partial charge in [-0.25, -0.2) is 4.79 Å². The molecule has 0 amide bonds. The highest BCUT2D eigenvalue weighted by atomic mass is 16.5. The Balaban J connectivity index is 2.13. The van der Waals surface area contributed by atoms with Crippen molar-refractivity contribution in [2.24, 2.45) is 5.92 Å². The molecule has 0 spiro atoms. The second-order valence-corrected chi connectivity index (χ2v) is 6.14. The molecule has 2 rings (SSSR count). The molecule has 1 aromatic carbocycles. The number of rotatable bonds is 4. The fraction of sp³-hybridized carbons (Fsp3) is 0.588. The summed E-state index contributed by atoms with van der Waals surface area (Å²) in [6, 6.07) is 6.21. The van der Waals surface area contributed by atoms with Crippen LogP contribution in [-0.4, -0.2) is 44.2 Å². The van der Waals surface area contributed by atoms with Crippen LogP contribution in [0.1, 0.15) is 35.7 Å². The van der Waals surface area contributed by atoms with Gasteiger partial charge in [-0.1, -0.05) is 11.6 Å². The maximum absolute atomic E-state index is 11.9. The van der Waals surface area contributed by atoms with Crippen molar-refractivity contribution in [2.45, 2.75) is 32.7 Å². The molecule has 0 saturated carbocycles. The minimum atomic E-state index is -0.283. The second kappa shape index (κ2) is 6.94. The smallest absolute Gasteiger partial charge is 0.339 e. The SMILES string of the molecule is COC(=O)c1cc(C)ccc1NC(C)C1CCCN(C)C1. The summed E-state index contributed by atoms with van der Waals surface area (Å²) in [7, 11) is 3.60. The molecule has 1 fully saturated rings. The highest BCUT2D eigenvalue weighted by Crippen LogP contribution is 2.24. The van der Waals surface area contributed by atoms with E-state index in [1.807, 2.05) is 25.1 Å². The molecule has 0 aliphatic carbocycles. The third kappa shape index (κ3) is 3.97. The molecule has 0 bridgehead atoms. The number of esters is 1. The standard InChI is InChI=1S/C17H26N2O2/c1-12-7-8-16(15(10-12)17(20)21-4)18-13(2)14-6-5-9-19(3)11-14/h7-8,10,13-14,18H,5-6,9,11H2,1-4H3. The summed E-state index contributed by atoms with van der Waals surface area (Å²) in [5.74, 6) is 0.324. The minimum absolute atomic E-state index is 0.283. The van der Waals surface area contributed by atoms with Crippen molar-refractivity contribution in [3.8, 4) is 0 Å². The number of nitrogens with one attached hydrogen (secondary N) is 1. The van der Waals surface area contributed by atoms with Crippen LogP contribution in [0.3, 0.4) is 0 Å². The van der Waals surface area contributed by atoms with Crippen molar-refractivity contribution < 1.29 is 9.53 Å². The Morgan fingerprint density at radius 1 is 1.48 bits per heavy atom. The third-order valence-electron chi connectivity index (χ3n) is 4.33. The summed E-state index contributed by atoms with van der Waals surface area (Å²) in [4.78, 5) is 14.3. The highest BCUT2D eigenvalue weighted by molar-refractivity contribution is 5.95. The molecule has 1 aromatic rings. The van der Waals surface area contributed by atoms with E-state index in [1.165, 1.54) is 26.5 Å². The zero-order valence-electron chi connectivity index (χ0n) is 13.5. The van der Waals surface area contributed by atoms with Gasteiger partial charge in [0, 0.05) is 18.3 Å². The predicted octanol–water partition coefficient (Wildman–Crippen LogP) is 2.92. The Labute approximate surface area is 127 Å². The first-order valence-electron chi connectivity index (χ1n) is 7.65. The van der Waals surface area contributed by atoms with Crippen molar-refractivity contribution in [2.75, 3.05) is 32.6 Å². The van der Waals surface area contributed by atoms with Crippen molar-refractivity contribution in [3.05, 3.63) is 29.3 Å². The van der Waals surface area contributed by atoms with Crippen LogP contribution in [-0.2, 0) is 4.74 Å². The van der Waals surface area contributed by atoms with Crippen molar-refractivity contribution in [3.63, 3.8) is 0 Å². The van der Waals surface area contributed by atoms with Gasteiger partial charge in [-0.2, -0.15) is 0 Å². The van der Waals surface area contributed by atoms with E-state index in [2.05, 4.69) is 24.2 Å². The van der Waals surface area contributed by atoms with Crippen LogP contribution in [0, 0.1) is 12.8 Å². The number of anilines is 1. The summed E-state index contributed by atoms with van der Waals surface area (Å²) < 4.78 is 4.89. The van der Waals surface area contributed by atoms with Crippen molar-refractivity contribution >= 4 is 11.7 Å². The Bertz CT molecular complexity index is 502. The fourth-order valence-electron chi connectivity index (χ4n) is 3.04. The number of nitrogens with zero attached hydrogens (tertiary/aromatic N) is 1. The van der Waals surface area contributed by atoms with E-state index in [4.69, 9.17) is 4.74 Å². The molecule has 4 nitrogen and oxygen atoms in total. The summed E-state index contributed by atoms with van der Waals surface area (Å²) >= 11 is 0. The molecule has 1 heterocycles. The molecule has 0 aromatic heterocycles. The molecule has 1 N–H and O–H groups in total. The number of hydrogen-bond acceptors (Lipinski definition) is 4. The topological polar surface area (TPSA) is 41.6 Å². The number of piperidine rings is 1. The summed E-state index contributed by atoms with van der Waals surface area (Å²) in [6.07, 6.45) is 2.48. The van der Waals surface area contributed by atoms with Crippen LogP contribution >= 0.6 is 0 Å². The summed E-state index contributed by atoms with van der Waals surface area (Å²) in [6.45, 7) is 6.47. The molecule has 21 heavy (non-hydrogen) atoms. The van der Waals surface area contributed by atoms with Crippen LogP contribution in [0.2, 0.25) is 0 Å². The van der Waals surface area contributed by atoms with E-state index < -0.39 is 0 Å². The Hall–Kier alpha value is -1.55. The Morgan fingerprint density at radius 2 is 2.24 bits per heavy atom. The van der Waals surface area contributed by atoms with E-state index >= 15 is 0 Å². The van der Waals surface area contributed by atoms with Gasteiger partial charge in [-0.15, -0.1) is 0 Å². The highest BCUT2D eigenvalue weighted by Gasteiger charge is 2.24. The van der Waals surface area contributed by atoms with E-state index in [0.717, 1.165) is 17.8 Å². The number of aryl methyl sites for hydroxylation is 1. The van der Waals surface area contributed by atoms with Crippen LogP contribution < -0.4 is 5.32 Å². The number of carbonyl (C=O) groups is 1. The molecular formula is C17H26N2O2. The monoisotopic (exact) mass is 290 g/mol. The maximum Gasteiger partial charge on any atom is 0.339 e. The van der Waals surface area contributed by atoms with E-state index in [9.17, 15) is 4.79 Å². The van der Waals surface area contributed by atoms with Crippen LogP contribution in [0.4, 0.5) is 5.69 Å². The minimum Gasteiger partial charge on any atom is -0.465 e. The summed E-state index contributed by atoms with van der Waals surface area (Å²) in [5, 5.41) is 3.52.